The van der Waals surface area contributed by atoms with Gasteiger partial charge in [0.05, 0.1) is 6.10 Å². The Morgan fingerprint density at radius 3 is 2.50 bits per heavy atom. The van der Waals surface area contributed by atoms with Crippen LogP contribution < -0.4 is 24.0 Å². The first-order valence-electron chi connectivity index (χ1n) is 4.04. The van der Waals surface area contributed by atoms with E-state index in [-0.39, 0.29) is 31.4 Å². The van der Waals surface area contributed by atoms with Crippen molar-refractivity contribution in [2.45, 2.75) is 45.1 Å². The van der Waals surface area contributed by atoms with Gasteiger partial charge < -0.3 is 15.0 Å². The molecule has 0 saturated carbocycles. The van der Waals surface area contributed by atoms with Gasteiger partial charge in [-0.25, -0.2) is 0 Å². The van der Waals surface area contributed by atoms with E-state index < -0.39 is 5.97 Å². The van der Waals surface area contributed by atoms with Crippen LogP contribution in [-0.4, -0.2) is 17.2 Å². The van der Waals surface area contributed by atoms with Crippen LogP contribution in [0.1, 0.15) is 39.0 Å². The summed E-state index contributed by atoms with van der Waals surface area (Å²) in [6, 6.07) is 0. The smallest absolute Gasteiger partial charge is 0.550 e. The maximum absolute atomic E-state index is 9.94. The second kappa shape index (κ2) is 9.12. The fourth-order valence-corrected chi connectivity index (χ4v) is 0.853. The van der Waals surface area contributed by atoms with E-state index in [1.54, 1.807) is 0 Å². The van der Waals surface area contributed by atoms with Crippen LogP contribution in [0.2, 0.25) is 0 Å². The number of carbonyl (C=O) groups is 1. The Kier molecular flexibility index (Phi) is 11.1. The maximum Gasteiger partial charge on any atom is 1.00 e. The minimum absolute atomic E-state index is 0. The van der Waals surface area contributed by atoms with E-state index in [0.29, 0.717) is 12.8 Å². The number of unbranched alkanes of at least 4 members (excludes halogenated alkanes) is 1. The van der Waals surface area contributed by atoms with E-state index in [0.717, 1.165) is 12.8 Å². The summed E-state index contributed by atoms with van der Waals surface area (Å²) >= 11 is 0. The molecule has 0 bridgehead atoms. The first kappa shape index (κ1) is 14.5. The van der Waals surface area contributed by atoms with Gasteiger partial charge in [-0.3, -0.25) is 0 Å². The number of aliphatic carboxylic acids is 1. The van der Waals surface area contributed by atoms with Gasteiger partial charge in [0.1, 0.15) is 0 Å². The quantitative estimate of drug-likeness (QED) is 0.339. The third kappa shape index (κ3) is 10.0. The summed E-state index contributed by atoms with van der Waals surface area (Å²) < 4.78 is 0. The maximum atomic E-state index is 9.94. The van der Waals surface area contributed by atoms with Gasteiger partial charge in [0.25, 0.3) is 0 Å². The van der Waals surface area contributed by atoms with Crippen molar-refractivity contribution < 1.29 is 33.9 Å². The molecule has 4 heteroatoms. The van der Waals surface area contributed by atoms with Gasteiger partial charge >= 0.3 is 18.9 Å². The van der Waals surface area contributed by atoms with Crippen LogP contribution >= 0.6 is 0 Å². The minimum Gasteiger partial charge on any atom is -0.550 e. The number of aliphatic hydroxyl groups is 1. The van der Waals surface area contributed by atoms with Gasteiger partial charge in [-0.2, -0.15) is 0 Å². The average molecular weight is 166 g/mol. The van der Waals surface area contributed by atoms with Crippen LogP contribution in [0.5, 0.6) is 0 Å². The molecule has 0 radical (unpaired) electrons. The van der Waals surface area contributed by atoms with Crippen LogP contribution in [0.3, 0.4) is 0 Å². The molecule has 1 atom stereocenters. The topological polar surface area (TPSA) is 60.4 Å². The van der Waals surface area contributed by atoms with Gasteiger partial charge in [0.15, 0.2) is 0 Å². The van der Waals surface area contributed by atoms with Crippen molar-refractivity contribution in [3.63, 3.8) is 0 Å². The number of carbonyl (C=O) groups excluding carboxylic acids is 1. The number of hydrogen-bond donors (Lipinski definition) is 1. The van der Waals surface area contributed by atoms with Crippen molar-refractivity contribution in [3.8, 4) is 0 Å². The first-order chi connectivity index (χ1) is 5.16. The molecule has 0 aliphatic rings. The molecular weight excluding hydrogens is 151 g/mol. The van der Waals surface area contributed by atoms with E-state index >= 15 is 0 Å². The molecule has 0 fully saturated rings. The summed E-state index contributed by atoms with van der Waals surface area (Å²) in [7, 11) is 0. The molecule has 0 heterocycles. The Morgan fingerprint density at radius 2 is 2.08 bits per heavy atom. The minimum atomic E-state index is -1.00. The van der Waals surface area contributed by atoms with E-state index in [2.05, 4.69) is 0 Å². The number of carboxylic acid groups (broad SMARTS) is 1. The normalized spacial score (nSPS) is 11.8. The largest absolute Gasteiger partial charge is 1.00 e. The van der Waals surface area contributed by atoms with Gasteiger partial charge in [0, 0.05) is 5.97 Å². The van der Waals surface area contributed by atoms with Crippen molar-refractivity contribution in [1.82, 2.24) is 0 Å². The Morgan fingerprint density at radius 1 is 1.50 bits per heavy atom. The molecule has 0 rings (SSSR count). The van der Waals surface area contributed by atoms with E-state index in [1.165, 1.54) is 0 Å². The van der Waals surface area contributed by atoms with Crippen molar-refractivity contribution in [2.24, 2.45) is 0 Å². The van der Waals surface area contributed by atoms with E-state index in [1.807, 2.05) is 6.92 Å². The Balaban J connectivity index is 0. The standard InChI is InChI=1S/C8H16O3.Li/c1-2-7(9)5-3-4-6-8(10)11;/h7,9H,2-6H2,1H3,(H,10,11);/q;+1/p-1. The number of carboxylic acids is 1. The van der Waals surface area contributed by atoms with Gasteiger partial charge in [-0.05, 0) is 25.7 Å². The summed E-state index contributed by atoms with van der Waals surface area (Å²) in [4.78, 5) is 9.94. The monoisotopic (exact) mass is 166 g/mol. The number of rotatable bonds is 6. The molecule has 1 unspecified atom stereocenters. The van der Waals surface area contributed by atoms with Gasteiger partial charge in [0.2, 0.25) is 0 Å². The molecule has 12 heavy (non-hydrogen) atoms. The van der Waals surface area contributed by atoms with Crippen molar-refractivity contribution in [1.29, 1.82) is 0 Å². The average Bonchev–Trinajstić information content (AvgIpc) is 1.97. The molecule has 0 aromatic rings. The molecule has 3 nitrogen and oxygen atoms in total. The third-order valence-corrected chi connectivity index (χ3v) is 1.64. The summed E-state index contributed by atoms with van der Waals surface area (Å²) in [5, 5.41) is 19.0. The molecule has 0 aromatic carbocycles. The Bertz CT molecular complexity index is 117. The molecule has 66 valence electrons. The molecule has 0 spiro atoms. The summed E-state index contributed by atoms with van der Waals surface area (Å²) in [5.74, 6) is -1.00. The summed E-state index contributed by atoms with van der Waals surface area (Å²) in [5.41, 5.74) is 0. The fourth-order valence-electron chi connectivity index (χ4n) is 0.853. The van der Waals surface area contributed by atoms with Gasteiger partial charge in [-0.1, -0.05) is 13.3 Å². The molecule has 0 saturated heterocycles. The predicted octanol–water partition coefficient (Wildman–Crippen LogP) is -2.93. The van der Waals surface area contributed by atoms with Crippen molar-refractivity contribution in [3.05, 3.63) is 0 Å². The summed E-state index contributed by atoms with van der Waals surface area (Å²) in [6.07, 6.45) is 2.66. The van der Waals surface area contributed by atoms with Crippen molar-refractivity contribution in [2.75, 3.05) is 0 Å². The molecule has 1 N–H and O–H groups in total. The van der Waals surface area contributed by atoms with Crippen LogP contribution in [-0.2, 0) is 4.79 Å². The van der Waals surface area contributed by atoms with Crippen LogP contribution in [0.25, 0.3) is 0 Å². The van der Waals surface area contributed by atoms with Crippen LogP contribution in [0.4, 0.5) is 0 Å². The zero-order valence-corrected chi connectivity index (χ0v) is 7.88. The molecule has 0 aliphatic heterocycles. The van der Waals surface area contributed by atoms with Crippen LogP contribution in [0, 0.1) is 0 Å². The van der Waals surface area contributed by atoms with Crippen LogP contribution in [0.15, 0.2) is 0 Å². The van der Waals surface area contributed by atoms with Gasteiger partial charge in [-0.15, -0.1) is 0 Å². The third-order valence-electron chi connectivity index (χ3n) is 1.64. The molecule has 0 aliphatic carbocycles. The van der Waals surface area contributed by atoms with Crippen molar-refractivity contribution >= 4 is 5.97 Å². The Hall–Kier alpha value is 0.0274. The molecular formula is C8H15LiO3. The first-order valence-corrected chi connectivity index (χ1v) is 4.04. The van der Waals surface area contributed by atoms with E-state index in [9.17, 15) is 9.90 Å². The zero-order chi connectivity index (χ0) is 8.69. The molecule has 0 amide bonds. The number of hydrogen-bond acceptors (Lipinski definition) is 3. The fraction of sp³-hybridized carbons (Fsp3) is 0.875. The molecule has 0 aromatic heterocycles. The zero-order valence-electron chi connectivity index (χ0n) is 7.88. The predicted molar refractivity (Wildman–Crippen MR) is 39.8 cm³/mol. The second-order valence-electron chi connectivity index (χ2n) is 2.68. The summed E-state index contributed by atoms with van der Waals surface area (Å²) in [6.45, 7) is 1.91. The number of aliphatic hydroxyl groups excluding tert-OH is 1. The SMILES string of the molecule is CCC(O)CCCCC(=O)[O-].[Li+]. The second-order valence-corrected chi connectivity index (χ2v) is 2.68. The van der Waals surface area contributed by atoms with E-state index in [4.69, 9.17) is 5.11 Å². The Labute approximate surface area is 85.3 Å².